The first-order chi connectivity index (χ1) is 16.4. The molecule has 174 valence electrons. The summed E-state index contributed by atoms with van der Waals surface area (Å²) in [6.07, 6.45) is 5.98. The second-order valence-electron chi connectivity index (χ2n) is 9.28. The van der Waals surface area contributed by atoms with Gasteiger partial charge in [0.25, 0.3) is 0 Å². The first-order valence-electron chi connectivity index (χ1n) is 11.4. The SMILES string of the molecule is Cc1ncc(-c2ccnc(C(C)(C)C#N)c2)nc1-c1cc(-c2ccc(CNC3CC3)cc2)no1.[HH].[HH]. The molecule has 0 spiro atoms. The summed E-state index contributed by atoms with van der Waals surface area (Å²) in [7, 11) is 0. The highest BCUT2D eigenvalue weighted by atomic mass is 16.5. The molecule has 7 heteroatoms. The van der Waals surface area contributed by atoms with Crippen molar-refractivity contribution in [3.63, 3.8) is 0 Å². The van der Waals surface area contributed by atoms with Crippen LogP contribution in [0.2, 0.25) is 0 Å². The predicted molar refractivity (Wildman–Crippen MR) is 134 cm³/mol. The summed E-state index contributed by atoms with van der Waals surface area (Å²) >= 11 is 0. The number of aryl methyl sites for hydroxylation is 1. The maximum absolute atomic E-state index is 9.46. The zero-order valence-electron chi connectivity index (χ0n) is 19.5. The number of benzene rings is 1. The molecule has 4 aromatic rings. The van der Waals surface area contributed by atoms with E-state index in [1.807, 2.05) is 39.0 Å². The maximum atomic E-state index is 9.46. The zero-order valence-corrected chi connectivity index (χ0v) is 19.5. The molecule has 0 atom stereocenters. The second kappa shape index (κ2) is 8.81. The fraction of sp³-hybridized carbons (Fsp3) is 0.296. The van der Waals surface area contributed by atoms with Gasteiger partial charge in [-0.15, -0.1) is 0 Å². The summed E-state index contributed by atoms with van der Waals surface area (Å²) in [4.78, 5) is 13.7. The molecular weight excluding hydrogens is 424 g/mol. The molecule has 5 rings (SSSR count). The highest BCUT2D eigenvalue weighted by Gasteiger charge is 2.23. The molecule has 1 aromatic carbocycles. The third-order valence-electron chi connectivity index (χ3n) is 6.10. The number of aromatic nitrogens is 4. The Hall–Kier alpha value is -3.89. The van der Waals surface area contributed by atoms with Crippen molar-refractivity contribution in [3.8, 4) is 40.0 Å². The normalized spacial score (nSPS) is 13.6. The molecule has 0 radical (unpaired) electrons. The van der Waals surface area contributed by atoms with Crippen LogP contribution in [0.1, 0.15) is 46.5 Å². The number of nitrogens with zero attached hydrogens (tertiary/aromatic N) is 5. The van der Waals surface area contributed by atoms with E-state index in [9.17, 15) is 5.26 Å². The Morgan fingerprint density at radius 3 is 2.62 bits per heavy atom. The molecular formula is C27H30N6O. The van der Waals surface area contributed by atoms with E-state index in [0.29, 0.717) is 28.9 Å². The van der Waals surface area contributed by atoms with Crippen LogP contribution in [0.15, 0.2) is 59.4 Å². The van der Waals surface area contributed by atoms with Gasteiger partial charge in [-0.1, -0.05) is 29.4 Å². The van der Waals surface area contributed by atoms with E-state index in [1.165, 1.54) is 18.4 Å². The van der Waals surface area contributed by atoms with Gasteiger partial charge < -0.3 is 9.84 Å². The van der Waals surface area contributed by atoms with Crippen LogP contribution in [0.4, 0.5) is 0 Å². The van der Waals surface area contributed by atoms with Gasteiger partial charge in [0.15, 0.2) is 5.76 Å². The van der Waals surface area contributed by atoms with E-state index in [1.54, 1.807) is 12.4 Å². The molecule has 34 heavy (non-hydrogen) atoms. The molecule has 1 aliphatic carbocycles. The van der Waals surface area contributed by atoms with Gasteiger partial charge in [0.1, 0.15) is 11.4 Å². The van der Waals surface area contributed by atoms with Crippen LogP contribution in [0.3, 0.4) is 0 Å². The predicted octanol–water partition coefficient (Wildman–Crippen LogP) is 5.71. The van der Waals surface area contributed by atoms with Gasteiger partial charge in [0, 0.05) is 38.8 Å². The standard InChI is InChI=1S/C27H26N6O.2H2/c1-17-26(32-23(15-30-17)20-10-11-29-25(12-20)27(2,3)16-28)24-13-22(33-34-24)19-6-4-18(5-7-19)14-31-21-8-9-21;;/h4-7,10-13,15,21,31H,8-9,14H2,1-3H3;2*1H. The fourth-order valence-corrected chi connectivity index (χ4v) is 3.68. The smallest absolute Gasteiger partial charge is 0.187 e. The summed E-state index contributed by atoms with van der Waals surface area (Å²) in [6, 6.07) is 17.0. The van der Waals surface area contributed by atoms with Crippen molar-refractivity contribution >= 4 is 0 Å². The lowest BCUT2D eigenvalue weighted by Gasteiger charge is -2.15. The maximum Gasteiger partial charge on any atom is 0.187 e. The lowest BCUT2D eigenvalue weighted by Crippen LogP contribution is -2.15. The number of hydrogen-bond donors (Lipinski definition) is 1. The molecule has 1 saturated carbocycles. The van der Waals surface area contributed by atoms with Crippen molar-refractivity contribution in [2.75, 3.05) is 0 Å². The van der Waals surface area contributed by atoms with Gasteiger partial charge in [-0.2, -0.15) is 5.26 Å². The fourth-order valence-electron chi connectivity index (χ4n) is 3.68. The van der Waals surface area contributed by atoms with Gasteiger partial charge in [-0.3, -0.25) is 9.97 Å². The Balaban J connectivity index is 0.00000180. The van der Waals surface area contributed by atoms with E-state index >= 15 is 0 Å². The van der Waals surface area contributed by atoms with E-state index in [-0.39, 0.29) is 2.85 Å². The van der Waals surface area contributed by atoms with Crippen molar-refractivity contribution in [2.45, 2.75) is 51.6 Å². The number of nitrogens with one attached hydrogen (secondary N) is 1. The Kier molecular flexibility index (Phi) is 5.68. The highest BCUT2D eigenvalue weighted by molar-refractivity contribution is 5.68. The lowest BCUT2D eigenvalue weighted by atomic mass is 9.90. The Morgan fingerprint density at radius 2 is 1.88 bits per heavy atom. The van der Waals surface area contributed by atoms with Gasteiger partial charge in [0.05, 0.1) is 34.8 Å². The Bertz CT molecular complexity index is 1370. The molecule has 3 aromatic heterocycles. The number of hydrogen-bond acceptors (Lipinski definition) is 7. The minimum atomic E-state index is -0.694. The molecule has 1 fully saturated rings. The van der Waals surface area contributed by atoms with Gasteiger partial charge >= 0.3 is 0 Å². The summed E-state index contributed by atoms with van der Waals surface area (Å²) in [5.41, 5.74) is 5.91. The van der Waals surface area contributed by atoms with Gasteiger partial charge in [-0.25, -0.2) is 4.98 Å². The molecule has 1 aliphatic rings. The summed E-state index contributed by atoms with van der Waals surface area (Å²) in [5, 5.41) is 17.3. The highest BCUT2D eigenvalue weighted by Crippen LogP contribution is 2.30. The van der Waals surface area contributed by atoms with Crippen LogP contribution >= 0.6 is 0 Å². The monoisotopic (exact) mass is 454 g/mol. The first kappa shape index (κ1) is 21.9. The molecule has 3 heterocycles. The van der Waals surface area contributed by atoms with E-state index in [4.69, 9.17) is 9.51 Å². The second-order valence-corrected chi connectivity index (χ2v) is 9.28. The van der Waals surface area contributed by atoms with Gasteiger partial charge in [-0.05, 0) is 51.3 Å². The van der Waals surface area contributed by atoms with Crippen molar-refractivity contribution < 1.29 is 7.38 Å². The molecule has 0 bridgehead atoms. The largest absolute Gasteiger partial charge is 0.354 e. The molecule has 1 N–H and O–H groups in total. The van der Waals surface area contributed by atoms with E-state index in [2.05, 4.69) is 50.8 Å². The van der Waals surface area contributed by atoms with Crippen LogP contribution < -0.4 is 5.32 Å². The number of rotatable bonds is 7. The third-order valence-corrected chi connectivity index (χ3v) is 6.10. The average Bonchev–Trinajstić information content (AvgIpc) is 3.57. The molecule has 0 aliphatic heterocycles. The van der Waals surface area contributed by atoms with Crippen LogP contribution in [-0.4, -0.2) is 26.2 Å². The molecule has 0 amide bonds. The van der Waals surface area contributed by atoms with Crippen LogP contribution in [0.25, 0.3) is 34.0 Å². The third kappa shape index (κ3) is 4.59. The summed E-state index contributed by atoms with van der Waals surface area (Å²) in [5.74, 6) is 0.563. The minimum Gasteiger partial charge on any atom is -0.354 e. The molecule has 0 unspecified atom stereocenters. The zero-order chi connectivity index (χ0) is 23.7. The lowest BCUT2D eigenvalue weighted by molar-refractivity contribution is 0.433. The molecule has 7 nitrogen and oxygen atoms in total. The Morgan fingerprint density at radius 1 is 1.09 bits per heavy atom. The van der Waals surface area contributed by atoms with Crippen molar-refractivity contribution in [2.24, 2.45) is 0 Å². The van der Waals surface area contributed by atoms with E-state index < -0.39 is 5.41 Å². The number of pyridine rings is 1. The quantitative estimate of drug-likeness (QED) is 0.381. The average molecular weight is 455 g/mol. The van der Waals surface area contributed by atoms with Crippen molar-refractivity contribution in [1.29, 1.82) is 5.26 Å². The Labute approximate surface area is 201 Å². The number of nitriles is 1. The van der Waals surface area contributed by atoms with Crippen LogP contribution in [-0.2, 0) is 12.0 Å². The van der Waals surface area contributed by atoms with Crippen molar-refractivity contribution in [1.82, 2.24) is 25.4 Å². The summed E-state index contributed by atoms with van der Waals surface area (Å²) < 4.78 is 5.67. The van der Waals surface area contributed by atoms with Crippen LogP contribution in [0.5, 0.6) is 0 Å². The summed E-state index contributed by atoms with van der Waals surface area (Å²) in [6.45, 7) is 6.47. The topological polar surface area (TPSA) is 101 Å². The van der Waals surface area contributed by atoms with Crippen LogP contribution in [0, 0.1) is 18.3 Å². The minimum absolute atomic E-state index is 0. The first-order valence-corrected chi connectivity index (χ1v) is 11.4. The molecule has 0 saturated heterocycles. The van der Waals surface area contributed by atoms with Gasteiger partial charge in [0.2, 0.25) is 0 Å². The van der Waals surface area contributed by atoms with E-state index in [0.717, 1.165) is 29.1 Å². The van der Waals surface area contributed by atoms with Crippen molar-refractivity contribution in [3.05, 3.63) is 71.8 Å².